The van der Waals surface area contributed by atoms with E-state index in [2.05, 4.69) is 20.9 Å². The first kappa shape index (κ1) is 21.9. The van der Waals surface area contributed by atoms with Crippen molar-refractivity contribution in [2.45, 2.75) is 50.4 Å². The summed E-state index contributed by atoms with van der Waals surface area (Å²) in [7, 11) is 0. The van der Waals surface area contributed by atoms with E-state index in [1.807, 2.05) is 51.1 Å². The summed E-state index contributed by atoms with van der Waals surface area (Å²) in [5.41, 5.74) is 1.49. The van der Waals surface area contributed by atoms with Crippen LogP contribution in [-0.2, 0) is 15.4 Å². The van der Waals surface area contributed by atoms with Gasteiger partial charge < -0.3 is 4.84 Å². The highest BCUT2D eigenvalue weighted by Gasteiger charge is 2.29. The maximum Gasteiger partial charge on any atom is 0.330 e. The number of hydrogen-bond donors (Lipinski definition) is 0. The summed E-state index contributed by atoms with van der Waals surface area (Å²) < 4.78 is 1.74. The van der Waals surface area contributed by atoms with Gasteiger partial charge in [0.25, 0.3) is 0 Å². The van der Waals surface area contributed by atoms with Crippen molar-refractivity contribution >= 4 is 29.1 Å². The van der Waals surface area contributed by atoms with Gasteiger partial charge in [0.15, 0.2) is 0 Å². The number of aromatic nitrogens is 5. The highest BCUT2D eigenvalue weighted by atomic mass is 32.2. The molecule has 0 radical (unpaired) electrons. The molecule has 0 amide bonds. The number of rotatable bonds is 6. The van der Waals surface area contributed by atoms with Crippen molar-refractivity contribution in [3.05, 3.63) is 46.4 Å². The second-order valence-corrected chi connectivity index (χ2v) is 10.3. The Morgan fingerprint density at radius 2 is 1.97 bits per heavy atom. The second-order valence-electron chi connectivity index (χ2n) is 8.51. The molecule has 3 aromatic rings. The zero-order chi connectivity index (χ0) is 21.8. The Bertz CT molecular complexity index is 1010. The number of benzene rings is 1. The minimum absolute atomic E-state index is 0.183. The molecular formula is C21H26N6O2S2. The molecule has 0 unspecified atom stereocenters. The van der Waals surface area contributed by atoms with E-state index in [0.717, 1.165) is 47.5 Å². The Morgan fingerprint density at radius 3 is 2.68 bits per heavy atom. The fraction of sp³-hybridized carbons (Fsp3) is 0.476. The zero-order valence-corrected chi connectivity index (χ0v) is 19.5. The number of para-hydroxylation sites is 1. The quantitative estimate of drug-likeness (QED) is 0.511. The highest BCUT2D eigenvalue weighted by Crippen LogP contribution is 2.32. The number of nitrogens with zero attached hydrogens (tertiary/aromatic N) is 6. The molecule has 0 spiro atoms. The third-order valence-electron chi connectivity index (χ3n) is 4.99. The van der Waals surface area contributed by atoms with E-state index in [-0.39, 0.29) is 5.97 Å². The van der Waals surface area contributed by atoms with Gasteiger partial charge in [-0.1, -0.05) is 30.0 Å². The molecule has 1 aliphatic heterocycles. The first-order chi connectivity index (χ1) is 14.9. The average Bonchev–Trinajstić information content (AvgIpc) is 3.42. The molecule has 8 nitrogen and oxygen atoms in total. The minimum atomic E-state index is -0.487. The van der Waals surface area contributed by atoms with Crippen LogP contribution in [0.25, 0.3) is 5.69 Å². The predicted molar refractivity (Wildman–Crippen MR) is 120 cm³/mol. The van der Waals surface area contributed by atoms with Crippen molar-refractivity contribution in [2.24, 2.45) is 5.41 Å². The molecule has 0 N–H and O–H groups in total. The van der Waals surface area contributed by atoms with Gasteiger partial charge in [-0.25, -0.2) is 9.78 Å². The number of piperidine rings is 1. The summed E-state index contributed by atoms with van der Waals surface area (Å²) in [4.78, 5) is 22.5. The molecular weight excluding hydrogens is 432 g/mol. The minimum Gasteiger partial charge on any atom is -0.367 e. The average molecular weight is 459 g/mol. The number of carbonyl (C=O) groups excluding carboxylic acids is 1. The molecule has 164 valence electrons. The number of hydrogen-bond acceptors (Lipinski definition) is 9. The Morgan fingerprint density at radius 1 is 1.23 bits per heavy atom. The molecule has 0 saturated carbocycles. The van der Waals surface area contributed by atoms with Gasteiger partial charge in [0.05, 0.1) is 21.8 Å². The van der Waals surface area contributed by atoms with Gasteiger partial charge in [-0.15, -0.1) is 21.5 Å². The highest BCUT2D eigenvalue weighted by molar-refractivity contribution is 7.98. The maximum absolute atomic E-state index is 12.1. The number of thioether (sulfide) groups is 1. The Balaban J connectivity index is 1.30. The zero-order valence-electron chi connectivity index (χ0n) is 17.9. The summed E-state index contributed by atoms with van der Waals surface area (Å²) in [6, 6.07) is 9.86. The molecule has 4 rings (SSSR count). The Labute approximate surface area is 190 Å². The van der Waals surface area contributed by atoms with E-state index >= 15 is 0 Å². The van der Waals surface area contributed by atoms with Crippen molar-refractivity contribution < 1.29 is 9.63 Å². The smallest absolute Gasteiger partial charge is 0.330 e. The molecule has 1 aromatic carbocycles. The molecule has 10 heteroatoms. The fourth-order valence-corrected chi connectivity index (χ4v) is 5.04. The standard InChI is InChI=1S/C21H26N6O2S2/c1-21(2,3)19(28)29-26-11-9-15(10-12-26)18-22-16(13-30-18)14-31-20-23-24-25-27(20)17-7-5-4-6-8-17/h4-8,13,15H,9-12,14H2,1-3H3. The molecule has 0 aliphatic carbocycles. The summed E-state index contributed by atoms with van der Waals surface area (Å²) in [6.07, 6.45) is 1.87. The lowest BCUT2D eigenvalue weighted by Crippen LogP contribution is -2.38. The molecule has 1 fully saturated rings. The third-order valence-corrected chi connectivity index (χ3v) is 7.00. The lowest BCUT2D eigenvalue weighted by molar-refractivity contribution is -0.204. The molecule has 2 aromatic heterocycles. The fourth-order valence-electron chi connectivity index (χ4n) is 3.16. The largest absolute Gasteiger partial charge is 0.367 e. The molecule has 0 bridgehead atoms. The van der Waals surface area contributed by atoms with E-state index < -0.39 is 5.41 Å². The van der Waals surface area contributed by atoms with Gasteiger partial charge >= 0.3 is 5.97 Å². The van der Waals surface area contributed by atoms with Crippen LogP contribution in [0.1, 0.15) is 50.2 Å². The lowest BCUT2D eigenvalue weighted by atomic mass is 9.97. The van der Waals surface area contributed by atoms with Gasteiger partial charge in [0.1, 0.15) is 0 Å². The normalized spacial score (nSPS) is 15.8. The molecule has 0 atom stereocenters. The van der Waals surface area contributed by atoms with Crippen molar-refractivity contribution in [3.63, 3.8) is 0 Å². The van der Waals surface area contributed by atoms with E-state index in [9.17, 15) is 4.79 Å². The summed E-state index contributed by atoms with van der Waals surface area (Å²) >= 11 is 3.28. The first-order valence-electron chi connectivity index (χ1n) is 10.3. The summed E-state index contributed by atoms with van der Waals surface area (Å²) in [5, 5.41) is 17.9. The van der Waals surface area contributed by atoms with Gasteiger partial charge in [-0.05, 0) is 56.2 Å². The van der Waals surface area contributed by atoms with E-state index in [0.29, 0.717) is 11.7 Å². The lowest BCUT2D eigenvalue weighted by Gasteiger charge is -2.31. The van der Waals surface area contributed by atoms with Crippen LogP contribution in [0, 0.1) is 5.41 Å². The number of tetrazole rings is 1. The SMILES string of the molecule is CC(C)(C)C(=O)ON1CCC(c2nc(CSc3nnnn3-c3ccccc3)cs2)CC1. The molecule has 3 heterocycles. The summed E-state index contributed by atoms with van der Waals surface area (Å²) in [6.45, 7) is 7.09. The van der Waals surface area contributed by atoms with E-state index in [1.54, 1.807) is 32.8 Å². The third kappa shape index (κ3) is 5.50. The Kier molecular flexibility index (Phi) is 6.68. The van der Waals surface area contributed by atoms with Crippen molar-refractivity contribution in [1.29, 1.82) is 0 Å². The second kappa shape index (κ2) is 9.46. The first-order valence-corrected chi connectivity index (χ1v) is 12.1. The van der Waals surface area contributed by atoms with Crippen LogP contribution >= 0.6 is 23.1 Å². The predicted octanol–water partition coefficient (Wildman–Crippen LogP) is 4.09. The number of thiazole rings is 1. The van der Waals surface area contributed by atoms with Crippen molar-refractivity contribution in [3.8, 4) is 5.69 Å². The van der Waals surface area contributed by atoms with Crippen molar-refractivity contribution in [1.82, 2.24) is 30.3 Å². The number of hydroxylamine groups is 2. The Hall–Kier alpha value is -2.30. The van der Waals surface area contributed by atoms with Crippen molar-refractivity contribution in [2.75, 3.05) is 13.1 Å². The monoisotopic (exact) mass is 458 g/mol. The molecule has 31 heavy (non-hydrogen) atoms. The van der Waals surface area contributed by atoms with Crippen LogP contribution in [0.2, 0.25) is 0 Å². The van der Waals surface area contributed by atoms with E-state index in [1.165, 1.54) is 0 Å². The van der Waals surface area contributed by atoms with Crippen LogP contribution in [-0.4, -0.2) is 49.3 Å². The van der Waals surface area contributed by atoms with Crippen LogP contribution in [0.15, 0.2) is 40.9 Å². The molecule has 1 aliphatic rings. The van der Waals surface area contributed by atoms with Gasteiger partial charge in [-0.3, -0.25) is 0 Å². The maximum atomic E-state index is 12.1. The topological polar surface area (TPSA) is 86.0 Å². The van der Waals surface area contributed by atoms with Crippen LogP contribution in [0.5, 0.6) is 0 Å². The summed E-state index contributed by atoms with van der Waals surface area (Å²) in [5.74, 6) is 0.937. The van der Waals surface area contributed by atoms with Gasteiger partial charge in [0.2, 0.25) is 5.16 Å². The molecule has 1 saturated heterocycles. The van der Waals surface area contributed by atoms with Gasteiger partial charge in [-0.2, -0.15) is 4.68 Å². The number of carbonyl (C=O) groups is 1. The van der Waals surface area contributed by atoms with Gasteiger partial charge in [0, 0.05) is 30.1 Å². The van der Waals surface area contributed by atoms with E-state index in [4.69, 9.17) is 9.82 Å². The van der Waals surface area contributed by atoms with Crippen LogP contribution in [0.4, 0.5) is 0 Å². The van der Waals surface area contributed by atoms with Crippen LogP contribution in [0.3, 0.4) is 0 Å². The van der Waals surface area contributed by atoms with Crippen LogP contribution < -0.4 is 0 Å².